The Bertz CT molecular complexity index is 4890. The second kappa shape index (κ2) is 30.7. The predicted molar refractivity (Wildman–Crippen MR) is 386 cm³/mol. The number of aromatic nitrogens is 15. The van der Waals surface area contributed by atoms with Gasteiger partial charge >= 0.3 is 6.03 Å². The molecular formula is C70H78FN23O9S. The van der Waals surface area contributed by atoms with E-state index < -0.39 is 28.4 Å². The molecule has 1 saturated heterocycles. The van der Waals surface area contributed by atoms with Crippen LogP contribution in [0.5, 0.6) is 17.2 Å². The highest BCUT2D eigenvalue weighted by molar-refractivity contribution is 7.87. The van der Waals surface area contributed by atoms with Crippen molar-refractivity contribution in [1.29, 1.82) is 0 Å². The van der Waals surface area contributed by atoms with Gasteiger partial charge in [-0.1, -0.05) is 26.0 Å². The number of ketones is 2. The summed E-state index contributed by atoms with van der Waals surface area (Å²) in [6.07, 6.45) is 13.8. The number of carbonyl (C=O) groups excluding carboxylic acids is 4. The highest BCUT2D eigenvalue weighted by Crippen LogP contribution is 2.43. The van der Waals surface area contributed by atoms with Gasteiger partial charge in [-0.15, -0.1) is 10.2 Å². The number of aryl methyl sites for hydroxylation is 3. The number of halogens is 1. The molecule has 3 unspecified atom stereocenters. The smallest absolute Gasteiger partial charge is 0.323 e. The second-order valence-corrected chi connectivity index (χ2v) is 27.4. The molecule has 14 rings (SSSR count). The van der Waals surface area contributed by atoms with Crippen LogP contribution in [-0.4, -0.2) is 159 Å². The fourth-order valence-corrected chi connectivity index (χ4v) is 12.7. The number of benzene rings is 2. The van der Waals surface area contributed by atoms with Crippen molar-refractivity contribution >= 4 is 92.0 Å². The lowest BCUT2D eigenvalue weighted by Gasteiger charge is -2.36. The summed E-state index contributed by atoms with van der Waals surface area (Å²) in [7, 11) is 10.3. The number of pyridine rings is 4. The highest BCUT2D eigenvalue weighted by atomic mass is 32.2. The Morgan fingerprint density at radius 2 is 1.12 bits per heavy atom. The molecule has 104 heavy (non-hydrogen) atoms. The van der Waals surface area contributed by atoms with Crippen LogP contribution in [0.1, 0.15) is 96.6 Å². The first-order valence-corrected chi connectivity index (χ1v) is 34.5. The minimum atomic E-state index is -1.37. The van der Waals surface area contributed by atoms with Crippen LogP contribution >= 0.6 is 0 Å². The molecule has 8 N–H and O–H groups in total. The molecule has 9 heterocycles. The monoisotopic (exact) mass is 1440 g/mol. The molecule has 1 aliphatic heterocycles. The number of amides is 3. The average Bonchev–Trinajstić information content (AvgIpc) is 1.64. The van der Waals surface area contributed by atoms with Crippen LogP contribution < -0.4 is 50.8 Å². The molecule has 3 amide bonds. The number of likely N-dealkylation sites (tertiary alicyclic amines) is 1. The van der Waals surface area contributed by atoms with Crippen molar-refractivity contribution in [3.8, 4) is 51.4 Å². The summed E-state index contributed by atoms with van der Waals surface area (Å²) in [5, 5.41) is 49.3. The summed E-state index contributed by atoms with van der Waals surface area (Å²) in [5.41, 5.74) is 4.33. The highest BCUT2D eigenvalue weighted by Gasteiger charge is 2.39. The first-order valence-electron chi connectivity index (χ1n) is 33.3. The Balaban J connectivity index is 0.000000147. The predicted octanol–water partition coefficient (Wildman–Crippen LogP) is 9.70. The standard InChI is InChI=1S/C26H27FN8O3.C23H26N6O3S.C21H25N9O3/c1-26(2,37)17-7-8-19(33-23(17)27)32-20-11-18(16(12-29-20)21(36)14-5-6-14)31-25-22(38-4)15(9-10-28-25)24-30-13-35(3)34-24;1-13-9-19(13)33(31)28-20-10-18(16(11-24-20)21(30)14-7-8-14)26-17-6-4-5-15(22(17)32-3)23-25-12-29(2)27-23;1-12-9-30(10-12)21(32)25-16-8-15(17(27-26-16)20(31)22-2)24-14-7-5-6-13(18(14)33-4)19-23-11-29(3)28-19/h7-14,37H,5-6H2,1-4H3,(H2,28,29,31,32,33);4-6,10-14,19H,7-9H2,1-3H3,(H2,24,26,28);5-8,11-12H,9-10H2,1-4H3,(H,22,31)(H2,24,25,26,32). The van der Waals surface area contributed by atoms with E-state index in [9.17, 15) is 32.9 Å². The van der Waals surface area contributed by atoms with Crippen molar-refractivity contribution in [2.75, 3.05) is 72.8 Å². The number of rotatable bonds is 24. The number of urea groups is 1. The maximum atomic E-state index is 14.5. The van der Waals surface area contributed by atoms with Crippen molar-refractivity contribution < 1.29 is 47.1 Å². The van der Waals surface area contributed by atoms with Crippen LogP contribution in [-0.2, 0) is 37.7 Å². The quantitative estimate of drug-likeness (QED) is 0.0206. The Labute approximate surface area is 599 Å². The van der Waals surface area contributed by atoms with E-state index in [-0.39, 0.29) is 57.6 Å². The third-order valence-corrected chi connectivity index (χ3v) is 18.8. The number of anilines is 10. The van der Waals surface area contributed by atoms with E-state index in [0.717, 1.165) is 37.7 Å². The van der Waals surface area contributed by atoms with Gasteiger partial charge in [0.15, 0.2) is 63.6 Å². The van der Waals surface area contributed by atoms with Gasteiger partial charge in [0, 0.05) is 95.5 Å². The van der Waals surface area contributed by atoms with Crippen molar-refractivity contribution in [3.63, 3.8) is 0 Å². The Morgan fingerprint density at radius 1 is 0.606 bits per heavy atom. The minimum Gasteiger partial charge on any atom is -0.494 e. The number of Topliss-reactive ketones (excluding diaryl/α,β-unsaturated/α-hetero) is 2. The summed E-state index contributed by atoms with van der Waals surface area (Å²) in [5.74, 6) is 4.24. The van der Waals surface area contributed by atoms with Crippen molar-refractivity contribution in [3.05, 3.63) is 139 Å². The van der Waals surface area contributed by atoms with Crippen LogP contribution in [0, 0.1) is 29.6 Å². The normalized spacial score (nSPS) is 15.5. The van der Waals surface area contributed by atoms with Crippen LogP contribution in [0.2, 0.25) is 0 Å². The SMILES string of the molecule is CNC(=O)c1nnc(NC(=O)N2CC(C)C2)cc1Nc1cccc(-c2ncn(C)n2)c1OC.COc1c(-c2ncn(C)n2)ccnc1Nc1cc(Nc2ccc(C(C)(C)O)c(F)n2)ncc1C(=O)C1CC1.COc1c(Nc2cc(NS(=O)C3CC3C)ncc2C(=O)C2CC2)cccc1-c1ncn(C)n1. The lowest BCUT2D eigenvalue weighted by molar-refractivity contribution is 0.0736. The van der Waals surface area contributed by atoms with Gasteiger partial charge in [0.05, 0.1) is 88.4 Å². The zero-order chi connectivity index (χ0) is 73.7. The van der Waals surface area contributed by atoms with E-state index in [4.69, 9.17) is 14.2 Å². The molecule has 34 heteroatoms. The van der Waals surface area contributed by atoms with Crippen molar-refractivity contribution in [2.45, 2.75) is 70.7 Å². The van der Waals surface area contributed by atoms with Gasteiger partial charge in [0.2, 0.25) is 5.95 Å². The molecule has 0 bridgehead atoms. The maximum absolute atomic E-state index is 14.5. The number of carbonyl (C=O) groups is 4. The number of aliphatic hydroxyl groups is 1. The van der Waals surface area contributed by atoms with Gasteiger partial charge < -0.3 is 50.8 Å². The molecule has 2 aromatic carbocycles. The number of para-hydroxylation sites is 2. The molecular weight excluding hydrogens is 1360 g/mol. The molecule has 540 valence electrons. The maximum Gasteiger partial charge on any atom is 0.323 e. The summed E-state index contributed by atoms with van der Waals surface area (Å²) in [6.45, 7) is 8.50. The van der Waals surface area contributed by atoms with E-state index in [0.29, 0.717) is 128 Å². The Morgan fingerprint density at radius 3 is 1.60 bits per heavy atom. The van der Waals surface area contributed by atoms with E-state index in [1.54, 1.807) is 115 Å². The van der Waals surface area contributed by atoms with Gasteiger partial charge in [-0.05, 0) is 100 Å². The van der Waals surface area contributed by atoms with Gasteiger partial charge in [-0.2, -0.15) is 19.7 Å². The lowest BCUT2D eigenvalue weighted by atomic mass is 10.0. The lowest BCUT2D eigenvalue weighted by Crippen LogP contribution is -2.50. The summed E-state index contributed by atoms with van der Waals surface area (Å²) in [4.78, 5) is 82.5. The van der Waals surface area contributed by atoms with Crippen LogP contribution in [0.3, 0.4) is 0 Å². The first kappa shape index (κ1) is 71.9. The number of methoxy groups -OCH3 is 3. The molecule has 0 spiro atoms. The van der Waals surface area contributed by atoms with E-state index in [1.807, 2.05) is 30.3 Å². The third kappa shape index (κ3) is 16.7. The van der Waals surface area contributed by atoms with E-state index in [1.165, 1.54) is 47.4 Å². The zero-order valence-corrected chi connectivity index (χ0v) is 59.7. The minimum absolute atomic E-state index is 0.0215. The molecule has 32 nitrogen and oxygen atoms in total. The van der Waals surface area contributed by atoms with Gasteiger partial charge in [0.25, 0.3) is 5.91 Å². The number of nitrogens with zero attached hydrogens (tertiary/aromatic N) is 16. The molecule has 0 radical (unpaired) electrons. The largest absolute Gasteiger partial charge is 0.494 e. The number of nitrogens with one attached hydrogen (secondary N) is 7. The molecule has 10 aromatic rings. The van der Waals surface area contributed by atoms with Gasteiger partial charge in [-0.3, -0.25) is 38.5 Å². The Kier molecular flexibility index (Phi) is 21.2. The van der Waals surface area contributed by atoms with Gasteiger partial charge in [-0.25, -0.2) is 43.9 Å². The van der Waals surface area contributed by atoms with Crippen LogP contribution in [0.25, 0.3) is 34.2 Å². The third-order valence-electron chi connectivity index (χ3n) is 17.2. The van der Waals surface area contributed by atoms with Crippen LogP contribution in [0.4, 0.5) is 66.7 Å². The summed E-state index contributed by atoms with van der Waals surface area (Å²) < 4.78 is 51.8. The molecule has 3 saturated carbocycles. The second-order valence-electron chi connectivity index (χ2n) is 26.0. The molecule has 4 aliphatic rings. The molecule has 8 aromatic heterocycles. The number of ether oxygens (including phenoxy) is 3. The molecule has 3 atom stereocenters. The number of hydrogen-bond acceptors (Lipinski definition) is 25. The van der Waals surface area contributed by atoms with E-state index in [2.05, 4.69) is 111 Å². The fourth-order valence-electron chi connectivity index (χ4n) is 11.3. The fraction of sp³-hybridized carbons (Fsp3) is 0.343. The number of hydrogen-bond donors (Lipinski definition) is 8. The van der Waals surface area contributed by atoms with Crippen molar-refractivity contribution in [1.82, 2.24) is 84.6 Å². The topological polar surface area (TPSA) is 390 Å². The molecule has 4 fully saturated rings. The zero-order valence-electron chi connectivity index (χ0n) is 58.9. The van der Waals surface area contributed by atoms with E-state index >= 15 is 0 Å². The Hall–Kier alpha value is -11.9. The molecule has 3 aliphatic carbocycles. The van der Waals surface area contributed by atoms with Crippen molar-refractivity contribution in [2.24, 2.45) is 44.8 Å². The first-order chi connectivity index (χ1) is 50.0. The van der Waals surface area contributed by atoms with Crippen LogP contribution in [0.15, 0.2) is 110 Å². The summed E-state index contributed by atoms with van der Waals surface area (Å²) in [6, 6.07) is 20.5. The summed E-state index contributed by atoms with van der Waals surface area (Å²) >= 11 is 0. The van der Waals surface area contributed by atoms with Gasteiger partial charge in [0.1, 0.15) is 47.4 Å². The average molecular weight is 1440 g/mol.